The molecule has 1 fully saturated rings. The quantitative estimate of drug-likeness (QED) is 0.726. The van der Waals surface area contributed by atoms with Gasteiger partial charge in [0.05, 0.1) is 5.69 Å². The van der Waals surface area contributed by atoms with Gasteiger partial charge in [-0.25, -0.2) is 4.39 Å². The first-order chi connectivity index (χ1) is 8.74. The Bertz CT molecular complexity index is 394. The highest BCUT2D eigenvalue weighted by atomic mass is 35.5. The molecule has 2 rings (SSSR count). The fourth-order valence-corrected chi connectivity index (χ4v) is 2.87. The van der Waals surface area contributed by atoms with Crippen LogP contribution in [0.2, 0.25) is 0 Å². The van der Waals surface area contributed by atoms with Gasteiger partial charge in [0.15, 0.2) is 0 Å². The van der Waals surface area contributed by atoms with Gasteiger partial charge in [0.1, 0.15) is 5.82 Å². The summed E-state index contributed by atoms with van der Waals surface area (Å²) in [6.07, 6.45) is 4.85. The number of nitrogens with zero attached hydrogens (tertiary/aromatic N) is 1. The molecule has 1 saturated heterocycles. The van der Waals surface area contributed by atoms with Crippen LogP contribution in [0, 0.1) is 11.7 Å². The van der Waals surface area contributed by atoms with Crippen LogP contribution in [0.15, 0.2) is 18.2 Å². The molecule has 0 aliphatic carbocycles. The summed E-state index contributed by atoms with van der Waals surface area (Å²) in [5.74, 6) is 1.04. The SMILES string of the molecule is CCC1CCCN(c2ccc(CCl)cc2F)CC1. The van der Waals surface area contributed by atoms with Crippen LogP contribution in [0.3, 0.4) is 0 Å². The van der Waals surface area contributed by atoms with Crippen molar-refractivity contribution in [1.29, 1.82) is 0 Å². The van der Waals surface area contributed by atoms with E-state index < -0.39 is 0 Å². The van der Waals surface area contributed by atoms with Crippen molar-refractivity contribution in [1.82, 2.24) is 0 Å². The number of benzene rings is 1. The summed E-state index contributed by atoms with van der Waals surface area (Å²) in [5.41, 5.74) is 1.58. The summed E-state index contributed by atoms with van der Waals surface area (Å²) in [6.45, 7) is 4.18. The van der Waals surface area contributed by atoms with E-state index in [0.29, 0.717) is 5.88 Å². The summed E-state index contributed by atoms with van der Waals surface area (Å²) in [4.78, 5) is 2.18. The van der Waals surface area contributed by atoms with Crippen LogP contribution in [0.5, 0.6) is 0 Å². The third-order valence-electron chi connectivity index (χ3n) is 3.93. The molecule has 0 saturated carbocycles. The van der Waals surface area contributed by atoms with E-state index in [2.05, 4.69) is 11.8 Å². The molecule has 0 amide bonds. The number of anilines is 1. The van der Waals surface area contributed by atoms with Gasteiger partial charge in [-0.3, -0.25) is 0 Å². The maximum atomic E-state index is 14.0. The highest BCUT2D eigenvalue weighted by Crippen LogP contribution is 2.27. The molecule has 18 heavy (non-hydrogen) atoms. The lowest BCUT2D eigenvalue weighted by atomic mass is 9.98. The minimum absolute atomic E-state index is 0.136. The second-order valence-electron chi connectivity index (χ2n) is 5.11. The first-order valence-electron chi connectivity index (χ1n) is 6.84. The maximum absolute atomic E-state index is 14.0. The Kier molecular flexibility index (Phi) is 4.87. The summed E-state index contributed by atoms with van der Waals surface area (Å²) in [6, 6.07) is 5.36. The third-order valence-corrected chi connectivity index (χ3v) is 4.24. The lowest BCUT2D eigenvalue weighted by molar-refractivity contribution is 0.459. The van der Waals surface area contributed by atoms with Crippen LogP contribution in [-0.2, 0) is 5.88 Å². The highest BCUT2D eigenvalue weighted by Gasteiger charge is 2.18. The molecule has 1 aliphatic rings. The Morgan fingerprint density at radius 3 is 2.83 bits per heavy atom. The zero-order chi connectivity index (χ0) is 13.0. The minimum Gasteiger partial charge on any atom is -0.369 e. The van der Waals surface area contributed by atoms with Crippen LogP contribution in [0.1, 0.15) is 38.2 Å². The van der Waals surface area contributed by atoms with Gasteiger partial charge < -0.3 is 4.90 Å². The monoisotopic (exact) mass is 269 g/mol. The predicted octanol–water partition coefficient (Wildman–Crippen LogP) is 4.58. The van der Waals surface area contributed by atoms with Crippen molar-refractivity contribution in [3.05, 3.63) is 29.6 Å². The summed E-state index contributed by atoms with van der Waals surface area (Å²) < 4.78 is 14.0. The van der Waals surface area contributed by atoms with E-state index in [0.717, 1.165) is 36.7 Å². The Balaban J connectivity index is 2.11. The number of hydrogen-bond acceptors (Lipinski definition) is 1. The van der Waals surface area contributed by atoms with Crippen molar-refractivity contribution in [3.8, 4) is 0 Å². The van der Waals surface area contributed by atoms with Gasteiger partial charge in [0.2, 0.25) is 0 Å². The van der Waals surface area contributed by atoms with Gasteiger partial charge in [-0.15, -0.1) is 11.6 Å². The van der Waals surface area contributed by atoms with Crippen LogP contribution in [0.4, 0.5) is 10.1 Å². The van der Waals surface area contributed by atoms with Crippen molar-refractivity contribution in [2.24, 2.45) is 5.92 Å². The molecule has 0 aromatic heterocycles. The van der Waals surface area contributed by atoms with Crippen LogP contribution < -0.4 is 4.90 Å². The highest BCUT2D eigenvalue weighted by molar-refractivity contribution is 6.17. The number of halogens is 2. The van der Waals surface area contributed by atoms with Crippen molar-refractivity contribution in [3.63, 3.8) is 0 Å². The van der Waals surface area contributed by atoms with Gasteiger partial charge in [-0.2, -0.15) is 0 Å². The lowest BCUT2D eigenvalue weighted by Crippen LogP contribution is -2.25. The van der Waals surface area contributed by atoms with E-state index in [1.807, 2.05) is 12.1 Å². The fraction of sp³-hybridized carbons (Fsp3) is 0.600. The van der Waals surface area contributed by atoms with Gasteiger partial charge in [0.25, 0.3) is 0 Å². The average molecular weight is 270 g/mol. The molecule has 1 aromatic rings. The zero-order valence-electron chi connectivity index (χ0n) is 11.0. The Morgan fingerprint density at radius 2 is 2.17 bits per heavy atom. The molecule has 3 heteroatoms. The van der Waals surface area contributed by atoms with E-state index in [-0.39, 0.29) is 5.82 Å². The standard InChI is InChI=1S/C15H21ClFN/c1-2-12-4-3-8-18(9-7-12)15-6-5-13(11-16)10-14(15)17/h5-6,10,12H,2-4,7-9,11H2,1H3. The predicted molar refractivity (Wildman–Crippen MR) is 75.8 cm³/mol. The minimum atomic E-state index is -0.136. The zero-order valence-corrected chi connectivity index (χ0v) is 11.7. The normalized spacial score (nSPS) is 20.8. The topological polar surface area (TPSA) is 3.24 Å². The number of alkyl halides is 1. The number of hydrogen-bond donors (Lipinski definition) is 0. The van der Waals surface area contributed by atoms with E-state index in [1.165, 1.54) is 19.3 Å². The largest absolute Gasteiger partial charge is 0.369 e. The van der Waals surface area contributed by atoms with E-state index in [1.54, 1.807) is 6.07 Å². The molecule has 1 atom stereocenters. The van der Waals surface area contributed by atoms with Crippen molar-refractivity contribution < 1.29 is 4.39 Å². The third kappa shape index (κ3) is 3.17. The molecule has 1 heterocycles. The molecule has 1 aliphatic heterocycles. The smallest absolute Gasteiger partial charge is 0.146 e. The van der Waals surface area contributed by atoms with Crippen LogP contribution in [-0.4, -0.2) is 13.1 Å². The second-order valence-corrected chi connectivity index (χ2v) is 5.38. The molecular weight excluding hydrogens is 249 g/mol. The maximum Gasteiger partial charge on any atom is 0.146 e. The Labute approximate surface area is 114 Å². The van der Waals surface area contributed by atoms with Gasteiger partial charge in [-0.05, 0) is 42.9 Å². The lowest BCUT2D eigenvalue weighted by Gasteiger charge is -2.23. The van der Waals surface area contributed by atoms with Crippen molar-refractivity contribution >= 4 is 17.3 Å². The molecule has 0 radical (unpaired) electrons. The second kappa shape index (κ2) is 6.42. The van der Waals surface area contributed by atoms with E-state index >= 15 is 0 Å². The summed E-state index contributed by atoms with van der Waals surface area (Å²) in [5, 5.41) is 0. The van der Waals surface area contributed by atoms with Crippen molar-refractivity contribution in [2.45, 2.75) is 38.5 Å². The number of rotatable bonds is 3. The van der Waals surface area contributed by atoms with Gasteiger partial charge >= 0.3 is 0 Å². The Hall–Kier alpha value is -0.760. The molecule has 1 unspecified atom stereocenters. The summed E-state index contributed by atoms with van der Waals surface area (Å²) >= 11 is 5.72. The first-order valence-corrected chi connectivity index (χ1v) is 7.37. The molecule has 100 valence electrons. The average Bonchev–Trinajstić information content (AvgIpc) is 2.63. The Morgan fingerprint density at radius 1 is 1.33 bits per heavy atom. The fourth-order valence-electron chi connectivity index (χ4n) is 2.70. The van der Waals surface area contributed by atoms with E-state index in [9.17, 15) is 4.39 Å². The van der Waals surface area contributed by atoms with Gasteiger partial charge in [-0.1, -0.05) is 19.4 Å². The van der Waals surface area contributed by atoms with Crippen molar-refractivity contribution in [2.75, 3.05) is 18.0 Å². The molecule has 0 spiro atoms. The summed E-state index contributed by atoms with van der Waals surface area (Å²) in [7, 11) is 0. The molecular formula is C15H21ClFN. The van der Waals surface area contributed by atoms with Gasteiger partial charge in [0, 0.05) is 19.0 Å². The molecule has 0 bridgehead atoms. The first kappa shape index (κ1) is 13.7. The molecule has 1 aromatic carbocycles. The van der Waals surface area contributed by atoms with Crippen LogP contribution in [0.25, 0.3) is 0 Å². The molecule has 0 N–H and O–H groups in total. The molecule has 1 nitrogen and oxygen atoms in total. The van der Waals surface area contributed by atoms with E-state index in [4.69, 9.17) is 11.6 Å². The van der Waals surface area contributed by atoms with Crippen LogP contribution >= 0.6 is 11.6 Å².